The molecule has 2 heterocycles. The van der Waals surface area contributed by atoms with Gasteiger partial charge in [0.15, 0.2) is 0 Å². The second-order valence-electron chi connectivity index (χ2n) is 5.29. The molecule has 4 nitrogen and oxygen atoms in total. The minimum absolute atomic E-state index is 0.181. The number of phenolic OH excluding ortho intramolecular Hbond substituents is 1. The summed E-state index contributed by atoms with van der Waals surface area (Å²) < 4.78 is 5.92. The lowest BCUT2D eigenvalue weighted by atomic mass is 10.1. The molecule has 4 rings (SSSR count). The number of aromatic hydroxyl groups is 1. The molecule has 1 N–H and O–H groups in total. The largest absolute Gasteiger partial charge is 0.506 e. The van der Waals surface area contributed by atoms with Crippen molar-refractivity contribution in [1.29, 1.82) is 0 Å². The van der Waals surface area contributed by atoms with Crippen molar-refractivity contribution in [2.24, 2.45) is 0 Å². The molecule has 0 spiro atoms. The molecule has 0 fully saturated rings. The maximum atomic E-state index is 9.91. The predicted molar refractivity (Wildman–Crippen MR) is 89.5 cm³/mol. The molecule has 0 atom stereocenters. The Hall–Kier alpha value is -3.14. The molecule has 0 aliphatic rings. The van der Waals surface area contributed by atoms with Crippen molar-refractivity contribution in [2.45, 2.75) is 6.61 Å². The summed E-state index contributed by atoms with van der Waals surface area (Å²) in [7, 11) is 0. The number of nitrogens with zero attached hydrogens (tertiary/aromatic N) is 2. The Labute approximate surface area is 133 Å². The van der Waals surface area contributed by atoms with Crippen molar-refractivity contribution >= 4 is 21.7 Å². The Kier molecular flexibility index (Phi) is 3.27. The van der Waals surface area contributed by atoms with E-state index in [1.165, 1.54) is 0 Å². The molecule has 0 radical (unpaired) electrons. The minimum Gasteiger partial charge on any atom is -0.506 e. The number of phenols is 1. The summed E-state index contributed by atoms with van der Waals surface area (Å²) in [6.45, 7) is 0.339. The fourth-order valence-electron chi connectivity index (χ4n) is 2.62. The maximum absolute atomic E-state index is 9.91. The molecule has 0 bridgehead atoms. The summed E-state index contributed by atoms with van der Waals surface area (Å²) in [6.07, 6.45) is 3.57. The predicted octanol–water partition coefficient (Wildman–Crippen LogP) is 4.07. The quantitative estimate of drug-likeness (QED) is 0.620. The molecule has 23 heavy (non-hydrogen) atoms. The van der Waals surface area contributed by atoms with Crippen LogP contribution >= 0.6 is 0 Å². The highest BCUT2D eigenvalue weighted by molar-refractivity contribution is 5.87. The summed E-state index contributed by atoms with van der Waals surface area (Å²) in [5, 5.41) is 12.9. The molecule has 0 aliphatic heterocycles. The van der Waals surface area contributed by atoms with Gasteiger partial charge in [-0.25, -0.2) is 4.98 Å². The first-order valence-corrected chi connectivity index (χ1v) is 7.34. The number of ether oxygens (including phenoxy) is 1. The number of aromatic nitrogens is 2. The molecule has 0 aliphatic carbocycles. The van der Waals surface area contributed by atoms with Gasteiger partial charge in [0.05, 0.1) is 5.69 Å². The van der Waals surface area contributed by atoms with Crippen molar-refractivity contribution in [1.82, 2.24) is 9.97 Å². The van der Waals surface area contributed by atoms with Crippen molar-refractivity contribution in [2.75, 3.05) is 0 Å². The van der Waals surface area contributed by atoms with Crippen LogP contribution in [-0.4, -0.2) is 15.1 Å². The third-order valence-corrected chi connectivity index (χ3v) is 3.77. The van der Waals surface area contributed by atoms with Crippen LogP contribution in [0.3, 0.4) is 0 Å². The Morgan fingerprint density at radius 1 is 0.913 bits per heavy atom. The zero-order chi connectivity index (χ0) is 15.6. The van der Waals surface area contributed by atoms with E-state index < -0.39 is 0 Å². The summed E-state index contributed by atoms with van der Waals surface area (Å²) in [4.78, 5) is 8.60. The van der Waals surface area contributed by atoms with Gasteiger partial charge in [0.25, 0.3) is 0 Å². The molecule has 0 unspecified atom stereocenters. The van der Waals surface area contributed by atoms with Gasteiger partial charge in [0.1, 0.15) is 23.6 Å². The second kappa shape index (κ2) is 5.57. The van der Waals surface area contributed by atoms with E-state index in [1.54, 1.807) is 18.3 Å². The fourth-order valence-corrected chi connectivity index (χ4v) is 2.62. The van der Waals surface area contributed by atoms with E-state index in [2.05, 4.69) is 9.97 Å². The first-order valence-electron chi connectivity index (χ1n) is 7.34. The van der Waals surface area contributed by atoms with Gasteiger partial charge >= 0.3 is 0 Å². The lowest BCUT2D eigenvalue weighted by Gasteiger charge is -2.09. The van der Waals surface area contributed by atoms with Gasteiger partial charge in [0, 0.05) is 28.6 Å². The van der Waals surface area contributed by atoms with Crippen LogP contribution in [0.2, 0.25) is 0 Å². The van der Waals surface area contributed by atoms with Crippen LogP contribution < -0.4 is 4.74 Å². The Bertz CT molecular complexity index is 993. The summed E-state index contributed by atoms with van der Waals surface area (Å²) in [6, 6.07) is 17.0. The van der Waals surface area contributed by atoms with E-state index in [9.17, 15) is 5.11 Å². The highest BCUT2D eigenvalue weighted by atomic mass is 16.5. The molecule has 0 saturated carbocycles. The van der Waals surface area contributed by atoms with E-state index in [4.69, 9.17) is 4.74 Å². The van der Waals surface area contributed by atoms with Crippen LogP contribution in [0.4, 0.5) is 0 Å². The van der Waals surface area contributed by atoms with Gasteiger partial charge in [-0.2, -0.15) is 0 Å². The number of para-hydroxylation sites is 1. The molecule has 4 aromatic rings. The van der Waals surface area contributed by atoms with Crippen LogP contribution in [0, 0.1) is 0 Å². The third-order valence-electron chi connectivity index (χ3n) is 3.77. The van der Waals surface area contributed by atoms with E-state index in [-0.39, 0.29) is 5.75 Å². The monoisotopic (exact) mass is 302 g/mol. The normalized spacial score (nSPS) is 11.0. The molecular formula is C19H14N2O2. The van der Waals surface area contributed by atoms with Gasteiger partial charge in [0.2, 0.25) is 0 Å². The molecule has 0 saturated heterocycles. The molecule has 112 valence electrons. The van der Waals surface area contributed by atoms with Gasteiger partial charge in [-0.05, 0) is 24.3 Å². The van der Waals surface area contributed by atoms with Gasteiger partial charge in [-0.1, -0.05) is 30.3 Å². The van der Waals surface area contributed by atoms with E-state index in [1.807, 2.05) is 48.7 Å². The van der Waals surface area contributed by atoms with Crippen molar-refractivity contribution in [3.63, 3.8) is 0 Å². The highest BCUT2D eigenvalue weighted by Gasteiger charge is 2.05. The number of benzene rings is 2. The van der Waals surface area contributed by atoms with Gasteiger partial charge < -0.3 is 9.84 Å². The fraction of sp³-hybridized carbons (Fsp3) is 0.0526. The number of rotatable bonds is 3. The van der Waals surface area contributed by atoms with Crippen LogP contribution in [0.25, 0.3) is 21.7 Å². The Morgan fingerprint density at radius 2 is 1.78 bits per heavy atom. The summed E-state index contributed by atoms with van der Waals surface area (Å²) in [5.41, 5.74) is 1.36. The lowest BCUT2D eigenvalue weighted by molar-refractivity contribution is 0.305. The van der Waals surface area contributed by atoms with Gasteiger partial charge in [-0.15, -0.1) is 0 Å². The van der Waals surface area contributed by atoms with Crippen molar-refractivity contribution < 1.29 is 9.84 Å². The van der Waals surface area contributed by atoms with E-state index >= 15 is 0 Å². The zero-order valence-electron chi connectivity index (χ0n) is 12.3. The number of fused-ring (bicyclic) bond motifs is 2. The maximum Gasteiger partial charge on any atom is 0.141 e. The topological polar surface area (TPSA) is 55.2 Å². The van der Waals surface area contributed by atoms with Crippen LogP contribution in [0.5, 0.6) is 11.5 Å². The van der Waals surface area contributed by atoms with Gasteiger partial charge in [-0.3, -0.25) is 4.98 Å². The first kappa shape index (κ1) is 13.5. The van der Waals surface area contributed by atoms with Crippen LogP contribution in [0.1, 0.15) is 5.69 Å². The molecule has 0 amide bonds. The van der Waals surface area contributed by atoms with E-state index in [0.29, 0.717) is 12.1 Å². The number of pyridine rings is 2. The average Bonchev–Trinajstić information content (AvgIpc) is 2.60. The molecule has 4 heteroatoms. The highest BCUT2D eigenvalue weighted by Crippen LogP contribution is 2.26. The third kappa shape index (κ3) is 2.55. The van der Waals surface area contributed by atoms with Crippen LogP contribution in [0.15, 0.2) is 67.0 Å². The lowest BCUT2D eigenvalue weighted by Crippen LogP contribution is -1.99. The number of hydrogen-bond acceptors (Lipinski definition) is 4. The Morgan fingerprint density at radius 3 is 2.74 bits per heavy atom. The summed E-state index contributed by atoms with van der Waals surface area (Å²) >= 11 is 0. The number of hydrogen-bond donors (Lipinski definition) is 1. The Balaban J connectivity index is 1.64. The first-order chi connectivity index (χ1) is 11.3. The summed E-state index contributed by atoms with van der Waals surface area (Å²) in [5.74, 6) is 0.977. The molecule has 2 aromatic carbocycles. The van der Waals surface area contributed by atoms with E-state index in [0.717, 1.165) is 27.6 Å². The second-order valence-corrected chi connectivity index (χ2v) is 5.29. The zero-order valence-corrected chi connectivity index (χ0v) is 12.3. The van der Waals surface area contributed by atoms with Crippen molar-refractivity contribution in [3.05, 3.63) is 72.7 Å². The molecule has 2 aromatic heterocycles. The SMILES string of the molecule is Oc1cccc2ccc(COc3cccc4cnccc34)nc12. The standard InChI is InChI=1S/C19H14N2O2/c22-17-5-1-3-13-7-8-15(21-19(13)17)12-23-18-6-2-4-14-11-20-10-9-16(14)18/h1-11,22H,12H2. The minimum atomic E-state index is 0.181. The van der Waals surface area contributed by atoms with Crippen LogP contribution in [-0.2, 0) is 6.61 Å². The smallest absolute Gasteiger partial charge is 0.141 e. The molecular weight excluding hydrogens is 288 g/mol. The average molecular weight is 302 g/mol. The van der Waals surface area contributed by atoms with Crippen molar-refractivity contribution in [3.8, 4) is 11.5 Å².